The van der Waals surface area contributed by atoms with Crippen molar-refractivity contribution in [1.82, 2.24) is 9.88 Å². The Kier molecular flexibility index (Phi) is 8.14. The second-order valence-electron chi connectivity index (χ2n) is 10.3. The number of hydrogen-bond donors (Lipinski definition) is 3. The number of aromatic amines is 1. The van der Waals surface area contributed by atoms with Crippen LogP contribution in [-0.4, -0.2) is 41.3 Å². The quantitative estimate of drug-likeness (QED) is 0.290. The van der Waals surface area contributed by atoms with Gasteiger partial charge in [0.2, 0.25) is 5.91 Å². The Bertz CT molecular complexity index is 1660. The maximum Gasteiger partial charge on any atom is 0.411 e. The third-order valence-corrected chi connectivity index (χ3v) is 7.33. The van der Waals surface area contributed by atoms with Gasteiger partial charge in [0.05, 0.1) is 6.61 Å². The van der Waals surface area contributed by atoms with Gasteiger partial charge in [0.15, 0.2) is 0 Å². The number of nitrogens with zero attached hydrogens (tertiary/aromatic N) is 1. The summed E-state index contributed by atoms with van der Waals surface area (Å²) in [5.74, 6) is -0.300. The predicted octanol–water partition coefficient (Wildman–Crippen LogP) is 5.27. The molecule has 2 aliphatic heterocycles. The van der Waals surface area contributed by atoms with Gasteiger partial charge >= 0.3 is 6.09 Å². The number of rotatable bonds is 5. The summed E-state index contributed by atoms with van der Waals surface area (Å²) in [4.78, 5) is 54.9. The van der Waals surface area contributed by atoms with Crippen molar-refractivity contribution in [3.63, 3.8) is 0 Å². The maximum absolute atomic E-state index is 14.3. The Labute approximate surface area is 237 Å². The molecule has 0 saturated carbocycles. The number of aromatic nitrogens is 1. The highest BCUT2D eigenvalue weighted by molar-refractivity contribution is 5.89. The summed E-state index contributed by atoms with van der Waals surface area (Å²) < 4.78 is 5.50. The molecule has 2 amide bonds. The van der Waals surface area contributed by atoms with Crippen LogP contribution in [0, 0.1) is 6.92 Å². The van der Waals surface area contributed by atoms with Crippen molar-refractivity contribution in [3.8, 4) is 0 Å². The largest absolute Gasteiger partial charge is 0.449 e. The first-order valence-corrected chi connectivity index (χ1v) is 13.6. The standard InChI is InChI=1S/C32H32N4O5/c1-20-15-24-8-10-27(20)21(2)19-41-32(40)35-25-6-3-5-22(16-25)18-36(13-4-14-37)31(39)29(24)34-26-9-7-23-11-12-33-30(38)28(23)17-26/h3,5-12,14-17,21,29,34H,4,13,18-19H2,1-2H3,(H,33,38)(H,35,40)/t21-,29+/m0/s1. The minimum absolute atomic E-state index is 0.0764. The molecule has 2 atom stereocenters. The number of nitrogens with one attached hydrogen (secondary N) is 3. The third kappa shape index (κ3) is 6.30. The number of carbonyl (C=O) groups is 3. The third-order valence-electron chi connectivity index (χ3n) is 7.33. The lowest BCUT2D eigenvalue weighted by atomic mass is 9.92. The van der Waals surface area contributed by atoms with Crippen LogP contribution < -0.4 is 16.2 Å². The van der Waals surface area contributed by atoms with Crippen molar-refractivity contribution in [2.45, 2.75) is 38.8 Å². The number of H-pyrrole nitrogens is 1. The van der Waals surface area contributed by atoms with Crippen LogP contribution in [0.25, 0.3) is 10.8 Å². The molecule has 3 N–H and O–H groups in total. The number of carbonyl (C=O) groups excluding carboxylic acids is 3. The highest BCUT2D eigenvalue weighted by Gasteiger charge is 2.27. The number of aryl methyl sites for hydroxylation is 1. The van der Waals surface area contributed by atoms with E-state index in [1.165, 1.54) is 0 Å². The molecule has 2 aliphatic rings. The highest BCUT2D eigenvalue weighted by atomic mass is 16.5. The van der Waals surface area contributed by atoms with Crippen molar-refractivity contribution >= 4 is 40.4 Å². The van der Waals surface area contributed by atoms with Crippen LogP contribution in [-0.2, 0) is 20.9 Å². The van der Waals surface area contributed by atoms with E-state index >= 15 is 0 Å². The van der Waals surface area contributed by atoms with Crippen LogP contribution in [0.4, 0.5) is 16.2 Å². The lowest BCUT2D eigenvalue weighted by Gasteiger charge is -2.29. The van der Waals surface area contributed by atoms with Crippen molar-refractivity contribution in [2.24, 2.45) is 0 Å². The molecule has 0 saturated heterocycles. The van der Waals surface area contributed by atoms with Gasteiger partial charge in [-0.15, -0.1) is 0 Å². The Morgan fingerprint density at radius 3 is 2.71 bits per heavy atom. The average molecular weight is 553 g/mol. The maximum atomic E-state index is 14.3. The first-order valence-electron chi connectivity index (χ1n) is 13.6. The number of amides is 2. The van der Waals surface area contributed by atoms with Gasteiger partial charge in [-0.25, -0.2) is 4.79 Å². The first kappa shape index (κ1) is 27.6. The molecule has 41 heavy (non-hydrogen) atoms. The molecule has 4 aromatic rings. The number of aldehydes is 1. The molecule has 9 nitrogen and oxygen atoms in total. The van der Waals surface area contributed by atoms with Gasteiger partial charge in [0.1, 0.15) is 12.3 Å². The van der Waals surface area contributed by atoms with Crippen LogP contribution in [0.15, 0.2) is 77.7 Å². The number of benzene rings is 3. The summed E-state index contributed by atoms with van der Waals surface area (Å²) >= 11 is 0. The zero-order valence-electron chi connectivity index (χ0n) is 23.0. The number of fused-ring (bicyclic) bond motifs is 10. The van der Waals surface area contributed by atoms with Crippen molar-refractivity contribution < 1.29 is 19.1 Å². The molecule has 0 unspecified atom stereocenters. The summed E-state index contributed by atoms with van der Waals surface area (Å²) in [6.45, 7) is 4.57. The fourth-order valence-corrected chi connectivity index (χ4v) is 5.23. The van der Waals surface area contributed by atoms with Gasteiger partial charge < -0.3 is 24.7 Å². The SMILES string of the molecule is Cc1cc2ccc1[C@@H](C)COC(=O)Nc1cccc(c1)CN(CCC=O)C(=O)[C@@H]2Nc1ccc2cc[nH]c(=O)c2c1. The zero-order chi connectivity index (χ0) is 28.9. The molecule has 0 aliphatic carbocycles. The predicted molar refractivity (Wildman–Crippen MR) is 158 cm³/mol. The summed E-state index contributed by atoms with van der Waals surface area (Å²) in [6, 6.07) is 19.5. The minimum Gasteiger partial charge on any atom is -0.449 e. The molecule has 210 valence electrons. The lowest BCUT2D eigenvalue weighted by Crippen LogP contribution is -2.38. The number of ether oxygens (including phenoxy) is 1. The first-order chi connectivity index (χ1) is 19.8. The Morgan fingerprint density at radius 1 is 1.05 bits per heavy atom. The molecule has 6 rings (SSSR count). The summed E-state index contributed by atoms with van der Waals surface area (Å²) in [5, 5.41) is 7.43. The number of anilines is 2. The van der Waals surface area contributed by atoms with E-state index in [2.05, 4.69) is 15.6 Å². The zero-order valence-corrected chi connectivity index (χ0v) is 23.0. The lowest BCUT2D eigenvalue weighted by molar-refractivity contribution is -0.133. The number of hydrogen-bond acceptors (Lipinski definition) is 6. The molecule has 1 aromatic heterocycles. The van der Waals surface area contributed by atoms with E-state index in [0.717, 1.165) is 33.9 Å². The van der Waals surface area contributed by atoms with Crippen LogP contribution in [0.5, 0.6) is 0 Å². The number of pyridine rings is 1. The van der Waals surface area contributed by atoms with Gasteiger partial charge in [-0.1, -0.05) is 43.3 Å². The van der Waals surface area contributed by atoms with Crippen LogP contribution in [0.2, 0.25) is 0 Å². The van der Waals surface area contributed by atoms with E-state index < -0.39 is 12.1 Å². The van der Waals surface area contributed by atoms with E-state index in [9.17, 15) is 19.2 Å². The Balaban J connectivity index is 1.60. The molecule has 0 spiro atoms. The second kappa shape index (κ2) is 12.1. The van der Waals surface area contributed by atoms with E-state index in [0.29, 0.717) is 16.8 Å². The van der Waals surface area contributed by atoms with Crippen LogP contribution in [0.3, 0.4) is 0 Å². The van der Waals surface area contributed by atoms with E-state index in [1.54, 1.807) is 35.4 Å². The second-order valence-corrected chi connectivity index (χ2v) is 10.3. The molecule has 0 fully saturated rings. The monoisotopic (exact) mass is 552 g/mol. The summed E-state index contributed by atoms with van der Waals surface area (Å²) in [6.07, 6.45) is 2.01. The molecular formula is C32H32N4O5. The summed E-state index contributed by atoms with van der Waals surface area (Å²) in [5.41, 5.74) is 4.41. The molecule has 4 bridgehead atoms. The van der Waals surface area contributed by atoms with Gasteiger partial charge in [-0.3, -0.25) is 14.9 Å². The van der Waals surface area contributed by atoms with Crippen molar-refractivity contribution in [2.75, 3.05) is 23.8 Å². The van der Waals surface area contributed by atoms with E-state index in [-0.39, 0.29) is 43.5 Å². The van der Waals surface area contributed by atoms with Crippen molar-refractivity contribution in [3.05, 3.63) is 106 Å². The Morgan fingerprint density at radius 2 is 1.90 bits per heavy atom. The van der Waals surface area contributed by atoms with E-state index in [1.807, 2.05) is 56.3 Å². The topological polar surface area (TPSA) is 121 Å². The van der Waals surface area contributed by atoms with Crippen LogP contribution >= 0.6 is 0 Å². The van der Waals surface area contributed by atoms with Crippen LogP contribution in [0.1, 0.15) is 47.6 Å². The smallest absolute Gasteiger partial charge is 0.411 e. The fourth-order valence-electron chi connectivity index (χ4n) is 5.23. The normalized spacial score (nSPS) is 17.7. The molecular weight excluding hydrogens is 520 g/mol. The minimum atomic E-state index is -0.794. The van der Waals surface area contributed by atoms with Gasteiger partial charge in [0.25, 0.3) is 5.56 Å². The van der Waals surface area contributed by atoms with Gasteiger partial charge in [0, 0.05) is 48.4 Å². The van der Waals surface area contributed by atoms with Gasteiger partial charge in [-0.05, 0) is 64.9 Å². The average Bonchev–Trinajstić information content (AvgIpc) is 2.96. The summed E-state index contributed by atoms with van der Waals surface area (Å²) in [7, 11) is 0. The molecule has 3 heterocycles. The molecule has 3 aromatic carbocycles. The molecule has 0 radical (unpaired) electrons. The fraction of sp³-hybridized carbons (Fsp3) is 0.250. The Hall–Kier alpha value is -4.92. The van der Waals surface area contributed by atoms with Crippen molar-refractivity contribution in [1.29, 1.82) is 0 Å². The highest BCUT2D eigenvalue weighted by Crippen LogP contribution is 2.29. The van der Waals surface area contributed by atoms with Gasteiger partial charge in [-0.2, -0.15) is 0 Å². The van der Waals surface area contributed by atoms with E-state index in [4.69, 9.17) is 4.74 Å². The molecule has 9 heteroatoms.